The van der Waals surface area contributed by atoms with Crippen molar-refractivity contribution in [1.82, 2.24) is 24.7 Å². The van der Waals surface area contributed by atoms with Gasteiger partial charge in [0, 0.05) is 12.6 Å². The number of hydrogen-bond acceptors (Lipinski definition) is 7. The average Bonchev–Trinajstić information content (AvgIpc) is 3.07. The summed E-state index contributed by atoms with van der Waals surface area (Å²) in [5.41, 5.74) is 7.64. The number of nitrogen functional groups attached to an aromatic ring is 1. The zero-order valence-corrected chi connectivity index (χ0v) is 12.0. The van der Waals surface area contributed by atoms with E-state index in [1.165, 1.54) is 13.4 Å². The van der Waals surface area contributed by atoms with Gasteiger partial charge in [-0.05, 0) is 11.6 Å². The molecule has 0 saturated heterocycles. The molecule has 0 radical (unpaired) electrons. The SMILES string of the molecule is COc1cc(NCc2ccccc2-n2cncn2)nc(N)n1. The lowest BCUT2D eigenvalue weighted by molar-refractivity contribution is 0.398. The van der Waals surface area contributed by atoms with Crippen LogP contribution in [0.2, 0.25) is 0 Å². The van der Waals surface area contributed by atoms with Crippen LogP contribution < -0.4 is 15.8 Å². The molecule has 22 heavy (non-hydrogen) atoms. The number of nitrogens with two attached hydrogens (primary N) is 1. The maximum atomic E-state index is 5.65. The van der Waals surface area contributed by atoms with Gasteiger partial charge in [-0.25, -0.2) is 9.67 Å². The molecule has 0 aliphatic heterocycles. The zero-order chi connectivity index (χ0) is 15.4. The fourth-order valence-electron chi connectivity index (χ4n) is 2.04. The molecule has 0 fully saturated rings. The second-order valence-electron chi connectivity index (χ2n) is 4.48. The summed E-state index contributed by atoms with van der Waals surface area (Å²) in [5.74, 6) is 1.17. The lowest BCUT2D eigenvalue weighted by atomic mass is 10.2. The molecule has 2 aromatic heterocycles. The van der Waals surface area contributed by atoms with Crippen LogP contribution in [0.25, 0.3) is 5.69 Å². The van der Waals surface area contributed by atoms with Crippen LogP contribution >= 0.6 is 0 Å². The number of hydrogen-bond donors (Lipinski definition) is 2. The predicted molar refractivity (Wildman–Crippen MR) is 81.7 cm³/mol. The van der Waals surface area contributed by atoms with Gasteiger partial charge in [0.15, 0.2) is 0 Å². The average molecular weight is 297 g/mol. The van der Waals surface area contributed by atoms with Gasteiger partial charge < -0.3 is 15.8 Å². The molecule has 0 aliphatic rings. The van der Waals surface area contributed by atoms with Crippen molar-refractivity contribution in [2.24, 2.45) is 0 Å². The summed E-state index contributed by atoms with van der Waals surface area (Å²) in [5, 5.41) is 7.36. The number of rotatable bonds is 5. The van der Waals surface area contributed by atoms with Gasteiger partial charge in [-0.2, -0.15) is 15.1 Å². The van der Waals surface area contributed by atoms with Gasteiger partial charge in [0.05, 0.1) is 12.8 Å². The molecule has 0 bridgehead atoms. The van der Waals surface area contributed by atoms with Crippen molar-refractivity contribution >= 4 is 11.8 Å². The van der Waals surface area contributed by atoms with Crippen molar-refractivity contribution in [2.75, 3.05) is 18.2 Å². The van der Waals surface area contributed by atoms with E-state index in [1.807, 2.05) is 24.3 Å². The quantitative estimate of drug-likeness (QED) is 0.730. The summed E-state index contributed by atoms with van der Waals surface area (Å²) in [6.07, 6.45) is 3.16. The summed E-state index contributed by atoms with van der Waals surface area (Å²) < 4.78 is 6.79. The summed E-state index contributed by atoms with van der Waals surface area (Å²) >= 11 is 0. The van der Waals surface area contributed by atoms with E-state index >= 15 is 0 Å². The third kappa shape index (κ3) is 2.95. The molecule has 8 nitrogen and oxygen atoms in total. The molecule has 2 heterocycles. The molecule has 112 valence electrons. The lowest BCUT2D eigenvalue weighted by Crippen LogP contribution is -2.08. The Labute approximate surface area is 127 Å². The number of methoxy groups -OCH3 is 1. The van der Waals surface area contributed by atoms with Gasteiger partial charge in [0.2, 0.25) is 11.8 Å². The minimum absolute atomic E-state index is 0.159. The van der Waals surface area contributed by atoms with Crippen molar-refractivity contribution in [2.45, 2.75) is 6.54 Å². The van der Waals surface area contributed by atoms with Crippen molar-refractivity contribution in [3.05, 3.63) is 48.5 Å². The van der Waals surface area contributed by atoms with Gasteiger partial charge in [-0.15, -0.1) is 0 Å². The highest BCUT2D eigenvalue weighted by atomic mass is 16.5. The van der Waals surface area contributed by atoms with Gasteiger partial charge in [0.1, 0.15) is 18.5 Å². The van der Waals surface area contributed by atoms with Gasteiger partial charge in [-0.3, -0.25) is 0 Å². The highest BCUT2D eigenvalue weighted by Gasteiger charge is 2.06. The molecular weight excluding hydrogens is 282 g/mol. The number of nitrogens with one attached hydrogen (secondary N) is 1. The van der Waals surface area contributed by atoms with Crippen LogP contribution in [0.4, 0.5) is 11.8 Å². The van der Waals surface area contributed by atoms with Gasteiger partial charge in [0.25, 0.3) is 0 Å². The largest absolute Gasteiger partial charge is 0.481 e. The Morgan fingerprint density at radius 1 is 1.27 bits per heavy atom. The summed E-state index contributed by atoms with van der Waals surface area (Å²) in [7, 11) is 1.53. The first kappa shape index (κ1) is 13.8. The van der Waals surface area contributed by atoms with E-state index in [0.29, 0.717) is 18.2 Å². The molecule has 3 N–H and O–H groups in total. The fraction of sp³-hybridized carbons (Fsp3) is 0.143. The lowest BCUT2D eigenvalue weighted by Gasteiger charge is -2.11. The molecule has 0 aliphatic carbocycles. The predicted octanol–water partition coefficient (Wildman–Crippen LogP) is 1.26. The first-order chi connectivity index (χ1) is 10.8. The number of nitrogens with zero attached hydrogens (tertiary/aromatic N) is 5. The van der Waals surface area contributed by atoms with E-state index in [4.69, 9.17) is 10.5 Å². The summed E-state index contributed by atoms with van der Waals surface area (Å²) in [6.45, 7) is 0.551. The Bertz CT molecular complexity index is 758. The summed E-state index contributed by atoms with van der Waals surface area (Å²) in [4.78, 5) is 12.0. The van der Waals surface area contributed by atoms with Crippen molar-refractivity contribution in [3.63, 3.8) is 0 Å². The Balaban J connectivity index is 1.81. The Kier molecular flexibility index (Phi) is 3.82. The number of ether oxygens (including phenoxy) is 1. The molecule has 0 atom stereocenters. The smallest absolute Gasteiger partial charge is 0.225 e. The number of para-hydroxylation sites is 1. The maximum Gasteiger partial charge on any atom is 0.225 e. The second-order valence-corrected chi connectivity index (χ2v) is 4.48. The van der Waals surface area contributed by atoms with Crippen LogP contribution in [-0.4, -0.2) is 31.8 Å². The van der Waals surface area contributed by atoms with Crippen LogP contribution in [0.5, 0.6) is 5.88 Å². The molecule has 0 unspecified atom stereocenters. The Morgan fingerprint density at radius 3 is 2.91 bits per heavy atom. The van der Waals surface area contributed by atoms with Crippen molar-refractivity contribution < 1.29 is 4.74 Å². The van der Waals surface area contributed by atoms with Crippen molar-refractivity contribution in [3.8, 4) is 11.6 Å². The molecular formula is C14H15N7O. The standard InChI is InChI=1S/C14H15N7O/c1-22-13-6-12(19-14(15)20-13)17-7-10-4-2-3-5-11(10)21-9-16-8-18-21/h2-6,8-9H,7H2,1H3,(H3,15,17,19,20). The maximum absolute atomic E-state index is 5.65. The third-order valence-electron chi connectivity index (χ3n) is 3.05. The van der Waals surface area contributed by atoms with E-state index in [2.05, 4.69) is 25.4 Å². The van der Waals surface area contributed by atoms with E-state index in [9.17, 15) is 0 Å². The molecule has 0 saturated carbocycles. The van der Waals surface area contributed by atoms with Gasteiger partial charge >= 0.3 is 0 Å². The molecule has 8 heteroatoms. The topological polar surface area (TPSA) is 104 Å². The summed E-state index contributed by atoms with van der Waals surface area (Å²) in [6, 6.07) is 9.58. The fourth-order valence-corrected chi connectivity index (χ4v) is 2.04. The van der Waals surface area contributed by atoms with Crippen LogP contribution in [0, 0.1) is 0 Å². The molecule has 0 amide bonds. The third-order valence-corrected chi connectivity index (χ3v) is 3.05. The first-order valence-corrected chi connectivity index (χ1v) is 6.61. The Morgan fingerprint density at radius 2 is 2.14 bits per heavy atom. The van der Waals surface area contributed by atoms with E-state index in [-0.39, 0.29) is 5.95 Å². The van der Waals surface area contributed by atoms with Crippen LogP contribution in [-0.2, 0) is 6.54 Å². The van der Waals surface area contributed by atoms with E-state index in [0.717, 1.165) is 11.3 Å². The Hall–Kier alpha value is -3.16. The van der Waals surface area contributed by atoms with Crippen LogP contribution in [0.3, 0.4) is 0 Å². The first-order valence-electron chi connectivity index (χ1n) is 6.61. The van der Waals surface area contributed by atoms with Crippen LogP contribution in [0.1, 0.15) is 5.56 Å². The van der Waals surface area contributed by atoms with Gasteiger partial charge in [-0.1, -0.05) is 18.2 Å². The highest BCUT2D eigenvalue weighted by molar-refractivity contribution is 5.46. The van der Waals surface area contributed by atoms with Crippen LogP contribution in [0.15, 0.2) is 43.0 Å². The molecule has 3 aromatic rings. The molecule has 0 spiro atoms. The normalized spacial score (nSPS) is 10.4. The monoisotopic (exact) mass is 297 g/mol. The molecule has 3 rings (SSSR count). The highest BCUT2D eigenvalue weighted by Crippen LogP contribution is 2.17. The van der Waals surface area contributed by atoms with Crippen molar-refractivity contribution in [1.29, 1.82) is 0 Å². The van der Waals surface area contributed by atoms with E-state index in [1.54, 1.807) is 17.1 Å². The second kappa shape index (κ2) is 6.08. The number of anilines is 2. The number of aromatic nitrogens is 5. The minimum atomic E-state index is 0.159. The van der Waals surface area contributed by atoms with E-state index < -0.39 is 0 Å². The minimum Gasteiger partial charge on any atom is -0.481 e. The zero-order valence-electron chi connectivity index (χ0n) is 12.0. The number of benzene rings is 1. The molecule has 1 aromatic carbocycles.